The van der Waals surface area contributed by atoms with E-state index in [1.807, 2.05) is 37.3 Å². The summed E-state index contributed by atoms with van der Waals surface area (Å²) in [6.07, 6.45) is 0. The summed E-state index contributed by atoms with van der Waals surface area (Å²) < 4.78 is 0.774. The number of nitrogens with one attached hydrogen (secondary N) is 2. The smallest absolute Gasteiger partial charge is 0.251 e. The molecule has 0 aliphatic carbocycles. The van der Waals surface area contributed by atoms with Gasteiger partial charge in [0.15, 0.2) is 4.34 Å². The number of aromatic nitrogens is 2. The van der Waals surface area contributed by atoms with Gasteiger partial charge in [0.2, 0.25) is 11.0 Å². The Balaban J connectivity index is 1.51. The molecule has 2 aromatic carbocycles. The highest BCUT2D eigenvalue weighted by molar-refractivity contribution is 8.00. The normalized spacial score (nSPS) is 11.6. The molecule has 3 rings (SSSR count). The lowest BCUT2D eigenvalue weighted by molar-refractivity contribution is -0.117. The maximum atomic E-state index is 12.3. The molecule has 0 aliphatic heterocycles. The number of benzene rings is 2. The van der Waals surface area contributed by atoms with Gasteiger partial charge in [0, 0.05) is 11.3 Å². The van der Waals surface area contributed by atoms with Gasteiger partial charge in [-0.25, -0.2) is 0 Å². The lowest BCUT2D eigenvalue weighted by atomic mass is 10.1. The van der Waals surface area contributed by atoms with Crippen LogP contribution >= 0.6 is 23.1 Å². The number of aryl methyl sites for hydroxylation is 1. The minimum absolute atomic E-state index is 0.289. The third-order valence-electron chi connectivity index (χ3n) is 3.86. The minimum atomic E-state index is -0.697. The molecule has 0 saturated heterocycles. The van der Waals surface area contributed by atoms with Crippen molar-refractivity contribution >= 4 is 40.0 Å². The van der Waals surface area contributed by atoms with Gasteiger partial charge in [-0.05, 0) is 31.5 Å². The molecule has 8 heteroatoms. The summed E-state index contributed by atoms with van der Waals surface area (Å²) in [6, 6.07) is 16.6. The topological polar surface area (TPSA) is 84.0 Å². The molecule has 0 fully saturated rings. The number of hydrogen-bond acceptors (Lipinski definition) is 6. The summed E-state index contributed by atoms with van der Waals surface area (Å²) >= 11 is 2.87. The van der Waals surface area contributed by atoms with Gasteiger partial charge < -0.3 is 5.32 Å². The van der Waals surface area contributed by atoms with Crippen molar-refractivity contribution in [3.05, 3.63) is 71.3 Å². The van der Waals surface area contributed by atoms with Crippen molar-refractivity contribution in [3.63, 3.8) is 0 Å². The zero-order chi connectivity index (χ0) is 19.9. The van der Waals surface area contributed by atoms with E-state index in [1.54, 1.807) is 30.8 Å². The quantitative estimate of drug-likeness (QED) is 0.454. The first-order valence-electron chi connectivity index (χ1n) is 8.70. The molecule has 144 valence electrons. The SMILES string of the molecule is Cc1cccc(C(=O)NC(C)C(=O)Nc2nnc(SCc3ccccc3)s2)c1. The zero-order valence-corrected chi connectivity index (χ0v) is 17.1. The lowest BCUT2D eigenvalue weighted by Gasteiger charge is -2.13. The number of carbonyl (C=O) groups is 2. The molecular formula is C20H20N4O2S2. The average Bonchev–Trinajstić information content (AvgIpc) is 3.14. The van der Waals surface area contributed by atoms with Crippen molar-refractivity contribution in [1.29, 1.82) is 0 Å². The van der Waals surface area contributed by atoms with E-state index < -0.39 is 6.04 Å². The van der Waals surface area contributed by atoms with Crippen molar-refractivity contribution in [3.8, 4) is 0 Å². The van der Waals surface area contributed by atoms with Gasteiger partial charge >= 0.3 is 0 Å². The number of hydrogen-bond donors (Lipinski definition) is 2. The van der Waals surface area contributed by atoms with Gasteiger partial charge in [-0.1, -0.05) is 71.1 Å². The number of nitrogens with zero attached hydrogens (tertiary/aromatic N) is 2. The maximum absolute atomic E-state index is 12.3. The Morgan fingerprint density at radius 1 is 1.11 bits per heavy atom. The van der Waals surface area contributed by atoms with E-state index >= 15 is 0 Å². The second-order valence-electron chi connectivity index (χ2n) is 6.20. The van der Waals surface area contributed by atoms with Gasteiger partial charge in [-0.3, -0.25) is 14.9 Å². The summed E-state index contributed by atoms with van der Waals surface area (Å²) in [5, 5.41) is 13.9. The number of rotatable bonds is 7. The van der Waals surface area contributed by atoms with Crippen LogP contribution < -0.4 is 10.6 Å². The molecule has 0 aliphatic rings. The standard InChI is InChI=1S/C20H20N4O2S2/c1-13-7-6-10-16(11-13)18(26)21-14(2)17(25)22-19-23-24-20(28-19)27-12-15-8-4-3-5-9-15/h3-11,14H,12H2,1-2H3,(H,21,26)(H,22,23,25). The predicted octanol–water partition coefficient (Wildman–Crippen LogP) is 3.90. The van der Waals surface area contributed by atoms with Gasteiger partial charge in [0.25, 0.3) is 5.91 Å². The van der Waals surface area contributed by atoms with Crippen LogP contribution in [-0.2, 0) is 10.5 Å². The Hall–Kier alpha value is -2.71. The molecule has 3 aromatic rings. The first kappa shape index (κ1) is 20.0. The Kier molecular flexibility index (Phi) is 6.78. The Labute approximate surface area is 171 Å². The maximum Gasteiger partial charge on any atom is 0.251 e. The van der Waals surface area contributed by atoms with E-state index in [2.05, 4.69) is 33.0 Å². The van der Waals surface area contributed by atoms with Crippen LogP contribution in [0, 0.1) is 6.92 Å². The molecule has 0 bridgehead atoms. The molecule has 1 heterocycles. The predicted molar refractivity (Wildman–Crippen MR) is 113 cm³/mol. The third-order valence-corrected chi connectivity index (χ3v) is 5.91. The molecule has 1 unspecified atom stereocenters. The molecule has 28 heavy (non-hydrogen) atoms. The summed E-state index contributed by atoms with van der Waals surface area (Å²) in [6.45, 7) is 3.55. The minimum Gasteiger partial charge on any atom is -0.341 e. The first-order chi connectivity index (χ1) is 13.5. The van der Waals surface area contributed by atoms with Crippen LogP contribution in [0.5, 0.6) is 0 Å². The van der Waals surface area contributed by atoms with Crippen LogP contribution in [0.25, 0.3) is 0 Å². The number of thioether (sulfide) groups is 1. The molecule has 0 saturated carbocycles. The largest absolute Gasteiger partial charge is 0.341 e. The van der Waals surface area contributed by atoms with Crippen molar-refractivity contribution in [2.24, 2.45) is 0 Å². The number of carbonyl (C=O) groups excluding carboxylic acids is 2. The van der Waals surface area contributed by atoms with Gasteiger partial charge in [0.1, 0.15) is 6.04 Å². The number of amides is 2. The monoisotopic (exact) mass is 412 g/mol. The Morgan fingerprint density at radius 2 is 1.89 bits per heavy atom. The molecule has 0 spiro atoms. The van der Waals surface area contributed by atoms with E-state index in [0.717, 1.165) is 15.7 Å². The van der Waals surface area contributed by atoms with Crippen LogP contribution in [0.15, 0.2) is 58.9 Å². The Bertz CT molecular complexity index is 960. The second kappa shape index (κ2) is 9.48. The van der Waals surface area contributed by atoms with E-state index in [1.165, 1.54) is 16.9 Å². The number of anilines is 1. The molecule has 1 atom stereocenters. The highest BCUT2D eigenvalue weighted by atomic mass is 32.2. The fourth-order valence-electron chi connectivity index (χ4n) is 2.38. The zero-order valence-electron chi connectivity index (χ0n) is 15.5. The van der Waals surface area contributed by atoms with Crippen LogP contribution in [0.1, 0.15) is 28.4 Å². The van der Waals surface area contributed by atoms with E-state index in [-0.39, 0.29) is 11.8 Å². The van der Waals surface area contributed by atoms with Crippen LogP contribution in [0.3, 0.4) is 0 Å². The molecule has 1 aromatic heterocycles. The van der Waals surface area contributed by atoms with Crippen molar-refractivity contribution in [1.82, 2.24) is 15.5 Å². The first-order valence-corrected chi connectivity index (χ1v) is 10.5. The molecule has 2 amide bonds. The van der Waals surface area contributed by atoms with Crippen molar-refractivity contribution in [2.45, 2.75) is 30.0 Å². The van der Waals surface area contributed by atoms with Crippen molar-refractivity contribution in [2.75, 3.05) is 5.32 Å². The molecule has 6 nitrogen and oxygen atoms in total. The third kappa shape index (κ3) is 5.64. The summed E-state index contributed by atoms with van der Waals surface area (Å²) in [7, 11) is 0. The highest BCUT2D eigenvalue weighted by Crippen LogP contribution is 2.28. The lowest BCUT2D eigenvalue weighted by Crippen LogP contribution is -2.41. The van der Waals surface area contributed by atoms with Crippen molar-refractivity contribution < 1.29 is 9.59 Å². The van der Waals surface area contributed by atoms with Gasteiger partial charge in [-0.15, -0.1) is 10.2 Å². The summed E-state index contributed by atoms with van der Waals surface area (Å²) in [5.74, 6) is 0.159. The molecule has 0 radical (unpaired) electrons. The van der Waals surface area contributed by atoms with Gasteiger partial charge in [0.05, 0.1) is 0 Å². The molecule has 2 N–H and O–H groups in total. The van der Waals surface area contributed by atoms with E-state index in [4.69, 9.17) is 0 Å². The van der Waals surface area contributed by atoms with Crippen LogP contribution in [-0.4, -0.2) is 28.1 Å². The average molecular weight is 413 g/mol. The van der Waals surface area contributed by atoms with Gasteiger partial charge in [-0.2, -0.15) is 0 Å². The fourth-order valence-corrected chi connectivity index (χ4v) is 4.09. The molecular weight excluding hydrogens is 392 g/mol. The van der Waals surface area contributed by atoms with Crippen LogP contribution in [0.2, 0.25) is 0 Å². The summed E-state index contributed by atoms with van der Waals surface area (Å²) in [5.41, 5.74) is 2.70. The summed E-state index contributed by atoms with van der Waals surface area (Å²) in [4.78, 5) is 24.6. The Morgan fingerprint density at radius 3 is 2.64 bits per heavy atom. The second-order valence-corrected chi connectivity index (χ2v) is 8.40. The fraction of sp³-hybridized carbons (Fsp3) is 0.200. The van der Waals surface area contributed by atoms with Crippen LogP contribution in [0.4, 0.5) is 5.13 Å². The highest BCUT2D eigenvalue weighted by Gasteiger charge is 2.18. The van der Waals surface area contributed by atoms with E-state index in [0.29, 0.717) is 10.7 Å². The van der Waals surface area contributed by atoms with E-state index in [9.17, 15) is 9.59 Å².